The van der Waals surface area contributed by atoms with Crippen LogP contribution in [0.25, 0.3) is 5.65 Å². The average Bonchev–Trinajstić information content (AvgIpc) is 2.88. The summed E-state index contributed by atoms with van der Waals surface area (Å²) in [4.78, 5) is 14.6. The average molecular weight is 269 g/mol. The van der Waals surface area contributed by atoms with Crippen LogP contribution in [0.2, 0.25) is 0 Å². The fourth-order valence-corrected chi connectivity index (χ4v) is 1.90. The Balaban J connectivity index is 1.75. The highest BCUT2D eigenvalue weighted by Crippen LogP contribution is 2.20. The summed E-state index contributed by atoms with van der Waals surface area (Å²) in [6, 6.07) is 11.8. The lowest BCUT2D eigenvalue weighted by atomic mass is 10.3. The van der Waals surface area contributed by atoms with Gasteiger partial charge in [0.1, 0.15) is 18.0 Å². The van der Waals surface area contributed by atoms with Gasteiger partial charge in [-0.25, -0.2) is 4.98 Å². The van der Waals surface area contributed by atoms with Gasteiger partial charge >= 0.3 is 0 Å². The van der Waals surface area contributed by atoms with Crippen LogP contribution in [-0.4, -0.2) is 14.3 Å². The number of nitrogens with zero attached hydrogens (tertiary/aromatic N) is 3. The number of benzene rings is 1. The van der Waals surface area contributed by atoms with E-state index < -0.39 is 4.92 Å². The van der Waals surface area contributed by atoms with Crippen molar-refractivity contribution >= 4 is 11.3 Å². The van der Waals surface area contributed by atoms with Gasteiger partial charge in [0.2, 0.25) is 0 Å². The minimum Gasteiger partial charge on any atom is -0.487 e. The number of rotatable bonds is 4. The molecule has 2 heterocycles. The number of non-ortho nitro benzene ring substituents is 1. The summed E-state index contributed by atoms with van der Waals surface area (Å²) < 4.78 is 7.43. The van der Waals surface area contributed by atoms with Crippen molar-refractivity contribution in [1.29, 1.82) is 0 Å². The first kappa shape index (κ1) is 12.2. The van der Waals surface area contributed by atoms with E-state index in [1.54, 1.807) is 12.1 Å². The Kier molecular flexibility index (Phi) is 3.04. The molecule has 2 aromatic heterocycles. The SMILES string of the molecule is O=[N+]([O-])c1cccc(OCc2cn3ccccc3n2)c1. The number of nitro benzene ring substituents is 1. The molecule has 0 saturated heterocycles. The third kappa shape index (κ3) is 2.44. The standard InChI is InChI=1S/C14H11N3O3/c18-17(19)12-4-3-5-13(8-12)20-10-11-9-16-7-2-1-6-14(16)15-11/h1-9H,10H2. The summed E-state index contributed by atoms with van der Waals surface area (Å²) in [7, 11) is 0. The van der Waals surface area contributed by atoms with Gasteiger partial charge in [-0.3, -0.25) is 10.1 Å². The molecular formula is C14H11N3O3. The topological polar surface area (TPSA) is 69.7 Å². The van der Waals surface area contributed by atoms with Crippen LogP contribution in [0.4, 0.5) is 5.69 Å². The predicted octanol–water partition coefficient (Wildman–Crippen LogP) is 2.82. The van der Waals surface area contributed by atoms with Gasteiger partial charge in [0.25, 0.3) is 5.69 Å². The van der Waals surface area contributed by atoms with Gasteiger partial charge in [0.15, 0.2) is 0 Å². The molecule has 0 spiro atoms. The molecule has 100 valence electrons. The van der Waals surface area contributed by atoms with Crippen LogP contribution in [0.3, 0.4) is 0 Å². The first-order valence-corrected chi connectivity index (χ1v) is 6.02. The van der Waals surface area contributed by atoms with Crippen LogP contribution in [0, 0.1) is 10.1 Å². The minimum atomic E-state index is -0.447. The number of aromatic nitrogens is 2. The van der Waals surface area contributed by atoms with E-state index in [1.807, 2.05) is 35.0 Å². The van der Waals surface area contributed by atoms with Gasteiger partial charge in [-0.2, -0.15) is 0 Å². The largest absolute Gasteiger partial charge is 0.487 e. The Morgan fingerprint density at radius 2 is 2.15 bits per heavy atom. The molecule has 0 aliphatic heterocycles. The number of nitro groups is 1. The molecule has 0 unspecified atom stereocenters. The summed E-state index contributed by atoms with van der Waals surface area (Å²) in [5.74, 6) is 0.455. The van der Waals surface area contributed by atoms with E-state index in [4.69, 9.17) is 4.74 Å². The number of fused-ring (bicyclic) bond motifs is 1. The summed E-state index contributed by atoms with van der Waals surface area (Å²) in [6.45, 7) is 0.267. The number of ether oxygens (including phenoxy) is 1. The third-order valence-electron chi connectivity index (χ3n) is 2.83. The van der Waals surface area contributed by atoms with Crippen molar-refractivity contribution in [3.05, 3.63) is 70.7 Å². The first-order valence-electron chi connectivity index (χ1n) is 6.02. The number of hydrogen-bond acceptors (Lipinski definition) is 4. The monoisotopic (exact) mass is 269 g/mol. The van der Waals surface area contributed by atoms with Gasteiger partial charge < -0.3 is 9.14 Å². The van der Waals surface area contributed by atoms with Crippen LogP contribution >= 0.6 is 0 Å². The summed E-state index contributed by atoms with van der Waals surface area (Å²) in [5.41, 5.74) is 1.62. The number of hydrogen-bond donors (Lipinski definition) is 0. The lowest BCUT2D eigenvalue weighted by Crippen LogP contribution is -1.96. The molecule has 0 aliphatic rings. The van der Waals surface area contributed by atoms with E-state index in [9.17, 15) is 10.1 Å². The quantitative estimate of drug-likeness (QED) is 0.539. The smallest absolute Gasteiger partial charge is 0.273 e. The predicted molar refractivity (Wildman–Crippen MR) is 72.6 cm³/mol. The molecule has 0 fully saturated rings. The van der Waals surface area contributed by atoms with Gasteiger partial charge in [0.05, 0.1) is 16.7 Å². The zero-order valence-corrected chi connectivity index (χ0v) is 10.5. The maximum atomic E-state index is 10.7. The van der Waals surface area contributed by atoms with Crippen LogP contribution in [0.1, 0.15) is 5.69 Å². The van der Waals surface area contributed by atoms with Crippen LogP contribution in [-0.2, 0) is 6.61 Å². The molecule has 0 atom stereocenters. The highest BCUT2D eigenvalue weighted by molar-refractivity contribution is 5.40. The zero-order valence-electron chi connectivity index (χ0n) is 10.5. The van der Waals surface area contributed by atoms with E-state index in [1.165, 1.54) is 12.1 Å². The van der Waals surface area contributed by atoms with E-state index in [0.717, 1.165) is 11.3 Å². The zero-order chi connectivity index (χ0) is 13.9. The van der Waals surface area contributed by atoms with Crippen molar-refractivity contribution < 1.29 is 9.66 Å². The molecule has 3 aromatic rings. The van der Waals surface area contributed by atoms with Crippen molar-refractivity contribution in [2.45, 2.75) is 6.61 Å². The second-order valence-electron chi connectivity index (χ2n) is 4.24. The van der Waals surface area contributed by atoms with Crippen LogP contribution < -0.4 is 4.74 Å². The van der Waals surface area contributed by atoms with E-state index >= 15 is 0 Å². The highest BCUT2D eigenvalue weighted by Gasteiger charge is 2.07. The van der Waals surface area contributed by atoms with Gasteiger partial charge in [0, 0.05) is 18.5 Å². The molecule has 20 heavy (non-hydrogen) atoms. The molecule has 0 saturated carbocycles. The first-order chi connectivity index (χ1) is 9.72. The van der Waals surface area contributed by atoms with Crippen LogP contribution in [0.15, 0.2) is 54.9 Å². The molecule has 0 radical (unpaired) electrons. The third-order valence-corrected chi connectivity index (χ3v) is 2.83. The molecule has 6 nitrogen and oxygen atoms in total. The number of imidazole rings is 1. The lowest BCUT2D eigenvalue weighted by molar-refractivity contribution is -0.384. The summed E-state index contributed by atoms with van der Waals surface area (Å²) in [6.07, 6.45) is 3.77. The van der Waals surface area contributed by atoms with Gasteiger partial charge in [-0.15, -0.1) is 0 Å². The minimum absolute atomic E-state index is 0.0116. The van der Waals surface area contributed by atoms with E-state index in [-0.39, 0.29) is 12.3 Å². The summed E-state index contributed by atoms with van der Waals surface area (Å²) in [5, 5.41) is 10.7. The molecule has 0 aliphatic carbocycles. The Morgan fingerprint density at radius 1 is 1.25 bits per heavy atom. The highest BCUT2D eigenvalue weighted by atomic mass is 16.6. The molecule has 0 bridgehead atoms. The van der Waals surface area contributed by atoms with Crippen LogP contribution in [0.5, 0.6) is 5.75 Å². The second kappa shape index (κ2) is 5.00. The molecule has 0 amide bonds. The molecule has 3 rings (SSSR count). The van der Waals surface area contributed by atoms with Crippen molar-refractivity contribution in [1.82, 2.24) is 9.38 Å². The Labute approximate surface area is 114 Å². The molecular weight excluding hydrogens is 258 g/mol. The normalized spacial score (nSPS) is 10.6. The van der Waals surface area contributed by atoms with Crippen molar-refractivity contribution in [3.8, 4) is 5.75 Å². The van der Waals surface area contributed by atoms with E-state index in [0.29, 0.717) is 5.75 Å². The van der Waals surface area contributed by atoms with Crippen molar-refractivity contribution in [2.75, 3.05) is 0 Å². The maximum Gasteiger partial charge on any atom is 0.273 e. The Hall–Kier alpha value is -2.89. The van der Waals surface area contributed by atoms with Gasteiger partial charge in [-0.1, -0.05) is 12.1 Å². The fraction of sp³-hybridized carbons (Fsp3) is 0.0714. The van der Waals surface area contributed by atoms with Crippen molar-refractivity contribution in [3.63, 3.8) is 0 Å². The maximum absolute atomic E-state index is 10.7. The lowest BCUT2D eigenvalue weighted by Gasteiger charge is -2.03. The Bertz CT molecular complexity index is 734. The van der Waals surface area contributed by atoms with Gasteiger partial charge in [-0.05, 0) is 18.2 Å². The molecule has 6 heteroatoms. The Morgan fingerprint density at radius 3 is 2.95 bits per heavy atom. The molecule has 0 N–H and O–H groups in total. The number of pyridine rings is 1. The summed E-state index contributed by atoms with van der Waals surface area (Å²) >= 11 is 0. The second-order valence-corrected chi connectivity index (χ2v) is 4.24. The molecule has 1 aromatic carbocycles. The fourth-order valence-electron chi connectivity index (χ4n) is 1.90. The van der Waals surface area contributed by atoms with E-state index in [2.05, 4.69) is 4.98 Å². The van der Waals surface area contributed by atoms with Crippen molar-refractivity contribution in [2.24, 2.45) is 0 Å².